The average molecular weight is 257 g/mol. The number of hydrogen-bond acceptors (Lipinski definition) is 2. The van der Waals surface area contributed by atoms with Crippen molar-refractivity contribution in [3.63, 3.8) is 0 Å². The fourth-order valence-corrected chi connectivity index (χ4v) is 1.65. The summed E-state index contributed by atoms with van der Waals surface area (Å²) in [5, 5.41) is 8.64. The maximum absolute atomic E-state index is 13.5. The van der Waals surface area contributed by atoms with Crippen LogP contribution in [-0.4, -0.2) is 28.6 Å². The molecule has 1 N–H and O–H groups in total. The Morgan fingerprint density at radius 2 is 1.89 bits per heavy atom. The first-order valence-corrected chi connectivity index (χ1v) is 5.80. The van der Waals surface area contributed by atoms with Gasteiger partial charge in [0, 0.05) is 24.7 Å². The third-order valence-corrected chi connectivity index (χ3v) is 2.77. The Morgan fingerprint density at radius 1 is 1.33 bits per heavy atom. The second-order valence-corrected chi connectivity index (χ2v) is 4.41. The molecule has 0 aliphatic rings. The van der Waals surface area contributed by atoms with Gasteiger partial charge in [0.05, 0.1) is 6.42 Å². The molecule has 1 aromatic rings. The Kier molecular flexibility index (Phi) is 5.22. The Morgan fingerprint density at radius 3 is 2.33 bits per heavy atom. The topological polar surface area (TPSA) is 40.5 Å². The van der Waals surface area contributed by atoms with Crippen LogP contribution in [0.2, 0.25) is 0 Å². The SMILES string of the molecule is CC(C)N(CCC(=O)O)Cc1c(F)cccc1F. The lowest BCUT2D eigenvalue weighted by Gasteiger charge is -2.26. The number of carboxylic acid groups (broad SMARTS) is 1. The quantitative estimate of drug-likeness (QED) is 0.851. The molecule has 0 unspecified atom stereocenters. The van der Waals surface area contributed by atoms with E-state index in [0.717, 1.165) is 0 Å². The van der Waals surface area contributed by atoms with Crippen LogP contribution in [0.25, 0.3) is 0 Å². The number of benzene rings is 1. The van der Waals surface area contributed by atoms with Gasteiger partial charge in [-0.1, -0.05) is 6.07 Å². The molecule has 0 radical (unpaired) electrons. The highest BCUT2D eigenvalue weighted by Crippen LogP contribution is 2.16. The molecule has 0 heterocycles. The molecule has 0 saturated heterocycles. The number of halogens is 2. The van der Waals surface area contributed by atoms with Crippen LogP contribution in [0.1, 0.15) is 25.8 Å². The Hall–Kier alpha value is -1.49. The van der Waals surface area contributed by atoms with Gasteiger partial charge >= 0.3 is 5.97 Å². The molecule has 0 amide bonds. The van der Waals surface area contributed by atoms with Crippen LogP contribution in [0.15, 0.2) is 18.2 Å². The maximum Gasteiger partial charge on any atom is 0.304 e. The minimum Gasteiger partial charge on any atom is -0.481 e. The molecule has 18 heavy (non-hydrogen) atoms. The zero-order chi connectivity index (χ0) is 13.7. The largest absolute Gasteiger partial charge is 0.481 e. The molecule has 0 saturated carbocycles. The lowest BCUT2D eigenvalue weighted by Crippen LogP contribution is -2.33. The van der Waals surface area contributed by atoms with Crippen LogP contribution in [0.5, 0.6) is 0 Å². The summed E-state index contributed by atoms with van der Waals surface area (Å²) in [4.78, 5) is 12.3. The first-order valence-electron chi connectivity index (χ1n) is 5.80. The predicted octanol–water partition coefficient (Wildman–Crippen LogP) is 2.65. The summed E-state index contributed by atoms with van der Waals surface area (Å²) in [6.45, 7) is 4.06. The monoisotopic (exact) mass is 257 g/mol. The van der Waals surface area contributed by atoms with E-state index in [0.29, 0.717) is 0 Å². The number of carbonyl (C=O) groups is 1. The zero-order valence-electron chi connectivity index (χ0n) is 10.5. The lowest BCUT2D eigenvalue weighted by atomic mass is 10.1. The van der Waals surface area contributed by atoms with Crippen molar-refractivity contribution in [3.8, 4) is 0 Å². The number of carboxylic acids is 1. The van der Waals surface area contributed by atoms with E-state index in [1.54, 1.807) is 4.90 Å². The van der Waals surface area contributed by atoms with Crippen molar-refractivity contribution >= 4 is 5.97 Å². The Balaban J connectivity index is 2.80. The van der Waals surface area contributed by atoms with Gasteiger partial charge in [0.2, 0.25) is 0 Å². The lowest BCUT2D eigenvalue weighted by molar-refractivity contribution is -0.137. The standard InChI is InChI=1S/C13H17F2NO2/c1-9(2)16(7-6-13(17)18)8-10-11(14)4-3-5-12(10)15/h3-5,9H,6-8H2,1-2H3,(H,17,18). The van der Waals surface area contributed by atoms with E-state index >= 15 is 0 Å². The van der Waals surface area contributed by atoms with E-state index in [4.69, 9.17) is 5.11 Å². The highest BCUT2D eigenvalue weighted by molar-refractivity contribution is 5.66. The van der Waals surface area contributed by atoms with Crippen molar-refractivity contribution in [1.82, 2.24) is 4.90 Å². The van der Waals surface area contributed by atoms with Gasteiger partial charge in [0.15, 0.2) is 0 Å². The molecular weight excluding hydrogens is 240 g/mol. The van der Waals surface area contributed by atoms with E-state index < -0.39 is 17.6 Å². The summed E-state index contributed by atoms with van der Waals surface area (Å²) >= 11 is 0. The van der Waals surface area contributed by atoms with Crippen LogP contribution < -0.4 is 0 Å². The van der Waals surface area contributed by atoms with Crippen molar-refractivity contribution in [2.45, 2.75) is 32.9 Å². The molecule has 0 fully saturated rings. The molecule has 0 aromatic heterocycles. The van der Waals surface area contributed by atoms with Crippen molar-refractivity contribution in [2.24, 2.45) is 0 Å². The fourth-order valence-electron chi connectivity index (χ4n) is 1.65. The maximum atomic E-state index is 13.5. The van der Waals surface area contributed by atoms with E-state index in [-0.39, 0.29) is 31.1 Å². The summed E-state index contributed by atoms with van der Waals surface area (Å²) in [5.41, 5.74) is -0.0170. The highest BCUT2D eigenvalue weighted by atomic mass is 19.1. The predicted molar refractivity (Wildman–Crippen MR) is 64.2 cm³/mol. The van der Waals surface area contributed by atoms with Crippen LogP contribution in [0, 0.1) is 11.6 Å². The normalized spacial score (nSPS) is 11.2. The minimum atomic E-state index is -0.922. The Bertz CT molecular complexity index is 401. The molecule has 3 nitrogen and oxygen atoms in total. The first kappa shape index (κ1) is 14.6. The number of nitrogens with zero attached hydrogens (tertiary/aromatic N) is 1. The van der Waals surface area contributed by atoms with E-state index in [1.807, 2.05) is 13.8 Å². The first-order chi connectivity index (χ1) is 8.41. The van der Waals surface area contributed by atoms with Crippen molar-refractivity contribution in [2.75, 3.05) is 6.54 Å². The van der Waals surface area contributed by atoms with Crippen molar-refractivity contribution < 1.29 is 18.7 Å². The Labute approximate surface area is 105 Å². The molecule has 100 valence electrons. The van der Waals surface area contributed by atoms with Crippen LogP contribution in [0.3, 0.4) is 0 Å². The molecule has 0 spiro atoms. The number of rotatable bonds is 6. The van der Waals surface area contributed by atoms with Gasteiger partial charge in [-0.15, -0.1) is 0 Å². The van der Waals surface area contributed by atoms with E-state index in [9.17, 15) is 13.6 Å². The smallest absolute Gasteiger partial charge is 0.304 e. The molecule has 5 heteroatoms. The molecular formula is C13H17F2NO2. The third kappa shape index (κ3) is 4.07. The number of aliphatic carboxylic acids is 1. The zero-order valence-corrected chi connectivity index (χ0v) is 10.5. The van der Waals surface area contributed by atoms with E-state index in [2.05, 4.69) is 0 Å². The van der Waals surface area contributed by atoms with Gasteiger partial charge in [0.25, 0.3) is 0 Å². The van der Waals surface area contributed by atoms with Crippen molar-refractivity contribution in [1.29, 1.82) is 0 Å². The molecule has 0 bridgehead atoms. The minimum absolute atomic E-state index is 0.0170. The molecule has 1 aromatic carbocycles. The summed E-state index contributed by atoms with van der Waals surface area (Å²) in [6, 6.07) is 3.73. The summed E-state index contributed by atoms with van der Waals surface area (Å²) in [7, 11) is 0. The van der Waals surface area contributed by atoms with E-state index in [1.165, 1.54) is 18.2 Å². The second-order valence-electron chi connectivity index (χ2n) is 4.41. The summed E-state index contributed by atoms with van der Waals surface area (Å²) < 4.78 is 27.0. The average Bonchev–Trinajstić information content (AvgIpc) is 2.26. The van der Waals surface area contributed by atoms with Crippen LogP contribution in [-0.2, 0) is 11.3 Å². The fraction of sp³-hybridized carbons (Fsp3) is 0.462. The summed E-state index contributed by atoms with van der Waals surface area (Å²) in [6.07, 6.45) is -0.0474. The van der Waals surface area contributed by atoms with Crippen LogP contribution >= 0.6 is 0 Å². The van der Waals surface area contributed by atoms with Gasteiger partial charge in [0.1, 0.15) is 11.6 Å². The molecule has 1 rings (SSSR count). The van der Waals surface area contributed by atoms with Crippen LogP contribution in [0.4, 0.5) is 8.78 Å². The second kappa shape index (κ2) is 6.44. The van der Waals surface area contributed by atoms with Gasteiger partial charge in [-0.3, -0.25) is 9.69 Å². The van der Waals surface area contributed by atoms with Gasteiger partial charge in [-0.05, 0) is 26.0 Å². The van der Waals surface area contributed by atoms with Gasteiger partial charge < -0.3 is 5.11 Å². The van der Waals surface area contributed by atoms with Crippen molar-refractivity contribution in [3.05, 3.63) is 35.4 Å². The third-order valence-electron chi connectivity index (χ3n) is 2.77. The number of hydrogen-bond donors (Lipinski definition) is 1. The molecule has 0 atom stereocenters. The molecule has 0 aliphatic heterocycles. The summed E-state index contributed by atoms with van der Waals surface area (Å²) in [5.74, 6) is -2.12. The highest BCUT2D eigenvalue weighted by Gasteiger charge is 2.16. The van der Waals surface area contributed by atoms with Gasteiger partial charge in [-0.25, -0.2) is 8.78 Å². The molecule has 0 aliphatic carbocycles. The van der Waals surface area contributed by atoms with Gasteiger partial charge in [-0.2, -0.15) is 0 Å².